The molecule has 1 aromatic carbocycles. The van der Waals surface area contributed by atoms with E-state index in [1.807, 2.05) is 6.07 Å². The summed E-state index contributed by atoms with van der Waals surface area (Å²) in [6, 6.07) is 14.8. The predicted octanol–water partition coefficient (Wildman–Crippen LogP) is 3.89. The van der Waals surface area contributed by atoms with Crippen molar-refractivity contribution < 1.29 is 0 Å². The van der Waals surface area contributed by atoms with Crippen molar-refractivity contribution in [2.45, 2.75) is 32.2 Å². The van der Waals surface area contributed by atoms with Gasteiger partial charge in [0, 0.05) is 5.56 Å². The van der Waals surface area contributed by atoms with Gasteiger partial charge in [-0.15, -0.1) is 0 Å². The molecule has 1 aromatic heterocycles. The number of benzene rings is 1. The van der Waals surface area contributed by atoms with Gasteiger partial charge in [-0.3, -0.25) is 4.98 Å². The number of hydrogen-bond donors (Lipinski definition) is 1. The fourth-order valence-electron chi connectivity index (χ4n) is 4.10. The van der Waals surface area contributed by atoms with Gasteiger partial charge in [-0.05, 0) is 35.3 Å². The van der Waals surface area contributed by atoms with Crippen molar-refractivity contribution in [2.24, 2.45) is 17.1 Å². The molecule has 0 aliphatic heterocycles. The molecule has 2 heteroatoms. The third-order valence-corrected chi connectivity index (χ3v) is 5.50. The Labute approximate surface area is 120 Å². The Kier molecular flexibility index (Phi) is 2.37. The molecule has 0 radical (unpaired) electrons. The van der Waals surface area contributed by atoms with Crippen molar-refractivity contribution >= 4 is 0 Å². The first-order valence-corrected chi connectivity index (χ1v) is 7.41. The van der Waals surface area contributed by atoms with E-state index in [1.165, 1.54) is 17.5 Å². The summed E-state index contributed by atoms with van der Waals surface area (Å²) >= 11 is 0. The van der Waals surface area contributed by atoms with Crippen LogP contribution in [0.1, 0.15) is 43.5 Å². The normalized spacial score (nSPS) is 29.4. The highest BCUT2D eigenvalue weighted by Crippen LogP contribution is 2.64. The molecule has 2 aromatic rings. The Bertz CT molecular complexity index is 660. The summed E-state index contributed by atoms with van der Waals surface area (Å²) in [5, 5.41) is 0. The predicted molar refractivity (Wildman–Crippen MR) is 81.2 cm³/mol. The number of rotatable bonds is 1. The van der Waals surface area contributed by atoms with Crippen molar-refractivity contribution in [3.8, 4) is 11.3 Å². The number of nitrogens with zero attached hydrogens (tertiary/aromatic N) is 1. The quantitative estimate of drug-likeness (QED) is 0.848. The van der Waals surface area contributed by atoms with E-state index in [9.17, 15) is 0 Å². The minimum Gasteiger partial charge on any atom is -0.322 e. The van der Waals surface area contributed by atoms with Crippen molar-refractivity contribution in [1.82, 2.24) is 4.98 Å². The van der Waals surface area contributed by atoms with Crippen LogP contribution in [0.2, 0.25) is 0 Å². The number of aromatic nitrogens is 1. The first-order chi connectivity index (χ1) is 9.59. The first-order valence-electron chi connectivity index (χ1n) is 7.41. The highest BCUT2D eigenvalue weighted by Gasteiger charge is 2.56. The van der Waals surface area contributed by atoms with Gasteiger partial charge in [0.05, 0.1) is 17.4 Å². The smallest absolute Gasteiger partial charge is 0.0706 e. The summed E-state index contributed by atoms with van der Waals surface area (Å²) in [4.78, 5) is 4.89. The second kappa shape index (κ2) is 3.92. The van der Waals surface area contributed by atoms with Crippen LogP contribution >= 0.6 is 0 Å². The van der Waals surface area contributed by atoms with E-state index >= 15 is 0 Å². The van der Waals surface area contributed by atoms with Crippen LogP contribution in [-0.4, -0.2) is 4.98 Å². The lowest BCUT2D eigenvalue weighted by atomic mass is 9.46. The van der Waals surface area contributed by atoms with Crippen LogP contribution in [-0.2, 0) is 0 Å². The molecule has 0 amide bonds. The molecule has 1 heterocycles. The number of pyridine rings is 1. The molecule has 0 saturated heterocycles. The van der Waals surface area contributed by atoms with E-state index in [0.717, 1.165) is 11.4 Å². The maximum Gasteiger partial charge on any atom is 0.0706 e. The Morgan fingerprint density at radius 3 is 2.55 bits per heavy atom. The van der Waals surface area contributed by atoms with Gasteiger partial charge in [0.1, 0.15) is 0 Å². The van der Waals surface area contributed by atoms with E-state index < -0.39 is 0 Å². The molecule has 1 fully saturated rings. The maximum atomic E-state index is 6.49. The fourth-order valence-corrected chi connectivity index (χ4v) is 4.10. The van der Waals surface area contributed by atoms with Crippen LogP contribution in [0.5, 0.6) is 0 Å². The largest absolute Gasteiger partial charge is 0.322 e. The molecule has 3 aliphatic rings. The third-order valence-electron chi connectivity index (χ3n) is 5.50. The van der Waals surface area contributed by atoms with Crippen LogP contribution < -0.4 is 5.73 Å². The number of nitrogens with two attached hydrogens (primary N) is 1. The summed E-state index contributed by atoms with van der Waals surface area (Å²) in [7, 11) is 0. The SMILES string of the molecule is CC1(C)[C@@H]2C[C@H]1[C@H](N)c1nc(-c3ccccc3)ccc12. The van der Waals surface area contributed by atoms with Gasteiger partial charge in [-0.25, -0.2) is 0 Å². The third kappa shape index (κ3) is 1.46. The summed E-state index contributed by atoms with van der Waals surface area (Å²) in [5.41, 5.74) is 11.5. The second-order valence-electron chi connectivity index (χ2n) is 6.78. The van der Waals surface area contributed by atoms with Crippen LogP contribution in [0.15, 0.2) is 42.5 Å². The molecule has 20 heavy (non-hydrogen) atoms. The first kappa shape index (κ1) is 12.1. The minimum atomic E-state index is 0.0914. The number of hydrogen-bond acceptors (Lipinski definition) is 2. The molecule has 2 N–H and O–H groups in total. The highest BCUT2D eigenvalue weighted by molar-refractivity contribution is 5.60. The lowest BCUT2D eigenvalue weighted by Gasteiger charge is -2.59. The van der Waals surface area contributed by atoms with E-state index in [1.54, 1.807) is 0 Å². The zero-order valence-electron chi connectivity index (χ0n) is 12.0. The lowest BCUT2D eigenvalue weighted by Crippen LogP contribution is -2.52. The van der Waals surface area contributed by atoms with Gasteiger partial charge in [0.25, 0.3) is 0 Å². The van der Waals surface area contributed by atoms with Gasteiger partial charge in [0.15, 0.2) is 0 Å². The Morgan fingerprint density at radius 2 is 1.85 bits per heavy atom. The van der Waals surface area contributed by atoms with Gasteiger partial charge in [-0.1, -0.05) is 50.2 Å². The van der Waals surface area contributed by atoms with Gasteiger partial charge >= 0.3 is 0 Å². The molecule has 3 atom stereocenters. The zero-order chi connectivity index (χ0) is 13.9. The van der Waals surface area contributed by atoms with Gasteiger partial charge in [0.2, 0.25) is 0 Å². The van der Waals surface area contributed by atoms with Crippen LogP contribution in [0.25, 0.3) is 11.3 Å². The Balaban J connectivity index is 1.82. The lowest BCUT2D eigenvalue weighted by molar-refractivity contribution is -0.00591. The molecule has 0 spiro atoms. The average molecular weight is 264 g/mol. The van der Waals surface area contributed by atoms with Crippen molar-refractivity contribution in [2.75, 3.05) is 0 Å². The van der Waals surface area contributed by atoms with Crippen molar-refractivity contribution in [3.63, 3.8) is 0 Å². The van der Waals surface area contributed by atoms with Crippen LogP contribution in [0, 0.1) is 11.3 Å². The summed E-state index contributed by atoms with van der Waals surface area (Å²) < 4.78 is 0. The summed E-state index contributed by atoms with van der Waals surface area (Å²) in [6.45, 7) is 4.69. The van der Waals surface area contributed by atoms with Crippen molar-refractivity contribution in [1.29, 1.82) is 0 Å². The van der Waals surface area contributed by atoms with Crippen LogP contribution in [0.4, 0.5) is 0 Å². The van der Waals surface area contributed by atoms with Gasteiger partial charge in [-0.2, -0.15) is 0 Å². The molecule has 0 unspecified atom stereocenters. The van der Waals surface area contributed by atoms with E-state index in [0.29, 0.717) is 17.3 Å². The molecule has 2 bridgehead atoms. The molecule has 1 saturated carbocycles. The molecule has 5 rings (SSSR count). The molecule has 102 valence electrons. The highest BCUT2D eigenvalue weighted by atomic mass is 14.9. The van der Waals surface area contributed by atoms with E-state index in [2.05, 4.69) is 50.2 Å². The van der Waals surface area contributed by atoms with E-state index in [-0.39, 0.29) is 6.04 Å². The Morgan fingerprint density at radius 1 is 1.10 bits per heavy atom. The topological polar surface area (TPSA) is 38.9 Å². The average Bonchev–Trinajstić information content (AvgIpc) is 2.47. The fraction of sp³-hybridized carbons (Fsp3) is 0.389. The minimum absolute atomic E-state index is 0.0914. The second-order valence-corrected chi connectivity index (χ2v) is 6.78. The van der Waals surface area contributed by atoms with E-state index in [4.69, 9.17) is 10.7 Å². The van der Waals surface area contributed by atoms with Gasteiger partial charge < -0.3 is 5.73 Å². The maximum absolute atomic E-state index is 6.49. The van der Waals surface area contributed by atoms with Crippen LogP contribution in [0.3, 0.4) is 0 Å². The molecule has 2 nitrogen and oxygen atoms in total. The standard InChI is InChI=1S/C18H20N2/c1-18(2)13-10-14(18)16(19)17-12(13)8-9-15(20-17)11-6-4-3-5-7-11/h3-9,13-14,16H,10,19H2,1-2H3/t13-,14+,16+/m1/s1. The Hall–Kier alpha value is -1.67. The molecular weight excluding hydrogens is 244 g/mol. The summed E-state index contributed by atoms with van der Waals surface area (Å²) in [5.74, 6) is 1.22. The van der Waals surface area contributed by atoms with Crippen molar-refractivity contribution in [3.05, 3.63) is 53.7 Å². The zero-order valence-corrected chi connectivity index (χ0v) is 12.0. The molecular formula is C18H20N2. The molecule has 3 aliphatic carbocycles. The monoisotopic (exact) mass is 264 g/mol. The summed E-state index contributed by atoms with van der Waals surface area (Å²) in [6.07, 6.45) is 1.23.